The normalized spacial score (nSPS) is 10.3. The number of allylic oxidation sites excluding steroid dienone is 1. The molecule has 3 heteroatoms. The standard InChI is InChI=1S/C9H8O3/c10-6-2-4-7-3-1-5-8(11)9(7)12/h1-6,11-12H/b4-2+. The second-order valence-electron chi connectivity index (χ2n) is 2.21. The van der Waals surface area contributed by atoms with Gasteiger partial charge in [-0.15, -0.1) is 0 Å². The third-order valence-corrected chi connectivity index (χ3v) is 1.40. The van der Waals surface area contributed by atoms with Gasteiger partial charge in [-0.1, -0.05) is 12.1 Å². The third-order valence-electron chi connectivity index (χ3n) is 1.40. The van der Waals surface area contributed by atoms with E-state index in [0.29, 0.717) is 11.8 Å². The molecule has 0 saturated heterocycles. The maximum atomic E-state index is 9.94. The smallest absolute Gasteiger partial charge is 0.164 e. The van der Waals surface area contributed by atoms with Crippen LogP contribution >= 0.6 is 0 Å². The highest BCUT2D eigenvalue weighted by molar-refractivity contribution is 5.76. The molecule has 0 radical (unpaired) electrons. The van der Waals surface area contributed by atoms with Gasteiger partial charge in [-0.05, 0) is 18.2 Å². The van der Waals surface area contributed by atoms with Crippen molar-refractivity contribution in [2.75, 3.05) is 0 Å². The summed E-state index contributed by atoms with van der Waals surface area (Å²) in [7, 11) is 0. The molecule has 0 aliphatic heterocycles. The van der Waals surface area contributed by atoms with Crippen molar-refractivity contribution in [3.05, 3.63) is 29.8 Å². The summed E-state index contributed by atoms with van der Waals surface area (Å²) in [6.07, 6.45) is 3.26. The molecule has 1 aromatic carbocycles. The molecule has 0 spiro atoms. The SMILES string of the molecule is O=C/C=C/c1cccc(O)c1O. The van der Waals surface area contributed by atoms with Gasteiger partial charge in [0, 0.05) is 5.56 Å². The summed E-state index contributed by atoms with van der Waals surface area (Å²) in [5, 5.41) is 18.2. The van der Waals surface area contributed by atoms with E-state index in [2.05, 4.69) is 0 Å². The molecule has 1 rings (SSSR count). The molecule has 12 heavy (non-hydrogen) atoms. The molecule has 1 aromatic rings. The highest BCUT2D eigenvalue weighted by Crippen LogP contribution is 2.28. The van der Waals surface area contributed by atoms with Gasteiger partial charge >= 0.3 is 0 Å². The van der Waals surface area contributed by atoms with E-state index in [4.69, 9.17) is 5.11 Å². The first-order chi connectivity index (χ1) is 5.75. The van der Waals surface area contributed by atoms with Crippen molar-refractivity contribution in [1.29, 1.82) is 0 Å². The lowest BCUT2D eigenvalue weighted by atomic mass is 10.2. The van der Waals surface area contributed by atoms with Crippen LogP contribution < -0.4 is 0 Å². The van der Waals surface area contributed by atoms with Crippen molar-refractivity contribution < 1.29 is 15.0 Å². The number of hydrogen-bond donors (Lipinski definition) is 2. The minimum Gasteiger partial charge on any atom is -0.504 e. The Hall–Kier alpha value is -1.77. The number of phenols is 2. The van der Waals surface area contributed by atoms with Crippen LogP contribution in [-0.4, -0.2) is 16.5 Å². The fourth-order valence-electron chi connectivity index (χ4n) is 0.826. The molecule has 0 aromatic heterocycles. The maximum Gasteiger partial charge on any atom is 0.164 e. The van der Waals surface area contributed by atoms with Crippen molar-refractivity contribution in [1.82, 2.24) is 0 Å². The van der Waals surface area contributed by atoms with Gasteiger partial charge in [0.1, 0.15) is 6.29 Å². The van der Waals surface area contributed by atoms with Crippen LogP contribution in [-0.2, 0) is 4.79 Å². The van der Waals surface area contributed by atoms with Gasteiger partial charge < -0.3 is 10.2 Å². The highest BCUT2D eigenvalue weighted by atomic mass is 16.3. The lowest BCUT2D eigenvalue weighted by Crippen LogP contribution is -1.75. The molecule has 0 saturated carbocycles. The number of phenolic OH excluding ortho intramolecular Hbond substituents is 2. The fraction of sp³-hybridized carbons (Fsp3) is 0. The number of para-hydroxylation sites is 1. The molecule has 3 nitrogen and oxygen atoms in total. The molecular weight excluding hydrogens is 156 g/mol. The number of carbonyl (C=O) groups is 1. The van der Waals surface area contributed by atoms with Crippen LogP contribution in [0.5, 0.6) is 11.5 Å². The van der Waals surface area contributed by atoms with E-state index in [1.54, 1.807) is 12.1 Å². The molecular formula is C9H8O3. The number of benzene rings is 1. The summed E-state index contributed by atoms with van der Waals surface area (Å²) >= 11 is 0. The zero-order chi connectivity index (χ0) is 8.97. The molecule has 0 amide bonds. The number of aldehydes is 1. The summed E-state index contributed by atoms with van der Waals surface area (Å²) in [6.45, 7) is 0. The van der Waals surface area contributed by atoms with Gasteiger partial charge in [-0.2, -0.15) is 0 Å². The fourth-order valence-corrected chi connectivity index (χ4v) is 0.826. The Bertz CT molecular complexity index is 316. The number of hydrogen-bond acceptors (Lipinski definition) is 3. The average molecular weight is 164 g/mol. The van der Waals surface area contributed by atoms with Crippen molar-refractivity contribution in [2.45, 2.75) is 0 Å². The van der Waals surface area contributed by atoms with Crippen LogP contribution in [0, 0.1) is 0 Å². The molecule has 2 N–H and O–H groups in total. The summed E-state index contributed by atoms with van der Waals surface area (Å²) < 4.78 is 0. The predicted molar refractivity (Wildman–Crippen MR) is 44.9 cm³/mol. The van der Waals surface area contributed by atoms with Gasteiger partial charge in [0.15, 0.2) is 11.5 Å². The second-order valence-corrected chi connectivity index (χ2v) is 2.21. The van der Waals surface area contributed by atoms with Gasteiger partial charge in [0.05, 0.1) is 0 Å². The first kappa shape index (κ1) is 8.33. The molecule has 0 atom stereocenters. The van der Waals surface area contributed by atoms with Gasteiger partial charge in [-0.3, -0.25) is 4.79 Å². The maximum absolute atomic E-state index is 9.94. The van der Waals surface area contributed by atoms with E-state index in [-0.39, 0.29) is 11.5 Å². The molecule has 0 fully saturated rings. The van der Waals surface area contributed by atoms with Crippen LogP contribution in [0.15, 0.2) is 24.3 Å². The van der Waals surface area contributed by atoms with E-state index in [1.165, 1.54) is 18.2 Å². The molecule has 0 unspecified atom stereocenters. The molecule has 0 aliphatic carbocycles. The first-order valence-corrected chi connectivity index (χ1v) is 3.38. The van der Waals surface area contributed by atoms with Crippen molar-refractivity contribution in [3.63, 3.8) is 0 Å². The lowest BCUT2D eigenvalue weighted by molar-refractivity contribution is -0.104. The number of carbonyl (C=O) groups excluding carboxylic acids is 1. The summed E-state index contributed by atoms with van der Waals surface area (Å²) in [5.41, 5.74) is 0.419. The Kier molecular flexibility index (Phi) is 2.48. The van der Waals surface area contributed by atoms with E-state index in [9.17, 15) is 9.90 Å². The van der Waals surface area contributed by atoms with Crippen molar-refractivity contribution >= 4 is 12.4 Å². The van der Waals surface area contributed by atoms with E-state index in [0.717, 1.165) is 0 Å². The minimum atomic E-state index is -0.212. The van der Waals surface area contributed by atoms with E-state index in [1.807, 2.05) is 0 Å². The third kappa shape index (κ3) is 1.63. The zero-order valence-corrected chi connectivity index (χ0v) is 6.27. The summed E-state index contributed by atoms with van der Waals surface area (Å²) in [6, 6.07) is 4.54. The van der Waals surface area contributed by atoms with Gasteiger partial charge in [-0.25, -0.2) is 0 Å². The quantitative estimate of drug-likeness (QED) is 0.393. The summed E-state index contributed by atoms with van der Waals surface area (Å²) in [5.74, 6) is -0.404. The zero-order valence-electron chi connectivity index (χ0n) is 6.27. The van der Waals surface area contributed by atoms with Gasteiger partial charge in [0.2, 0.25) is 0 Å². The highest BCUT2D eigenvalue weighted by Gasteiger charge is 2.00. The Morgan fingerprint density at radius 1 is 1.25 bits per heavy atom. The lowest BCUT2D eigenvalue weighted by Gasteiger charge is -1.99. The molecule has 62 valence electrons. The second kappa shape index (κ2) is 3.57. The van der Waals surface area contributed by atoms with Crippen molar-refractivity contribution in [3.8, 4) is 11.5 Å². The Morgan fingerprint density at radius 2 is 2.00 bits per heavy atom. The molecule has 0 heterocycles. The molecule has 0 bridgehead atoms. The molecule has 0 aliphatic rings. The topological polar surface area (TPSA) is 57.5 Å². The minimum absolute atomic E-state index is 0.192. The Morgan fingerprint density at radius 3 is 2.67 bits per heavy atom. The number of aromatic hydroxyl groups is 2. The average Bonchev–Trinajstić information content (AvgIpc) is 2.08. The van der Waals surface area contributed by atoms with Crippen LogP contribution in [0.4, 0.5) is 0 Å². The monoisotopic (exact) mass is 164 g/mol. The number of rotatable bonds is 2. The van der Waals surface area contributed by atoms with E-state index < -0.39 is 0 Å². The summed E-state index contributed by atoms with van der Waals surface area (Å²) in [4.78, 5) is 9.94. The first-order valence-electron chi connectivity index (χ1n) is 3.38. The van der Waals surface area contributed by atoms with Crippen LogP contribution in [0.1, 0.15) is 5.56 Å². The van der Waals surface area contributed by atoms with Crippen LogP contribution in [0.2, 0.25) is 0 Å². The largest absolute Gasteiger partial charge is 0.504 e. The van der Waals surface area contributed by atoms with Crippen LogP contribution in [0.3, 0.4) is 0 Å². The van der Waals surface area contributed by atoms with Crippen LogP contribution in [0.25, 0.3) is 6.08 Å². The van der Waals surface area contributed by atoms with Crippen molar-refractivity contribution in [2.24, 2.45) is 0 Å². The predicted octanol–water partition coefficient (Wildman–Crippen LogP) is 1.31. The Labute approximate surface area is 69.6 Å². The van der Waals surface area contributed by atoms with E-state index >= 15 is 0 Å². The van der Waals surface area contributed by atoms with Gasteiger partial charge in [0.25, 0.3) is 0 Å². The Balaban J connectivity index is 3.07.